The molecule has 1 aliphatic rings. The van der Waals surface area contributed by atoms with Gasteiger partial charge in [0, 0.05) is 12.6 Å². The maximum Gasteiger partial charge on any atom is 0.307 e. The Morgan fingerprint density at radius 1 is 1.43 bits per heavy atom. The number of nitrogens with one attached hydrogen (secondary N) is 1. The molecule has 0 spiro atoms. The lowest BCUT2D eigenvalue weighted by Crippen LogP contribution is -2.33. The minimum atomic E-state index is -0.689. The molecule has 0 radical (unpaired) electrons. The summed E-state index contributed by atoms with van der Waals surface area (Å²) in [5.74, 6) is -0.0592. The molecular formula is C18H27NO2. The number of carboxylic acids is 1. The normalized spacial score (nSPS) is 22.3. The van der Waals surface area contributed by atoms with Crippen molar-refractivity contribution in [2.75, 3.05) is 6.54 Å². The van der Waals surface area contributed by atoms with E-state index >= 15 is 0 Å². The lowest BCUT2D eigenvalue weighted by Gasteiger charge is -2.22. The topological polar surface area (TPSA) is 49.3 Å². The van der Waals surface area contributed by atoms with Crippen LogP contribution in [-0.4, -0.2) is 17.6 Å². The molecule has 21 heavy (non-hydrogen) atoms. The smallest absolute Gasteiger partial charge is 0.307 e. The summed E-state index contributed by atoms with van der Waals surface area (Å²) in [4.78, 5) is 11.4. The number of hydrogen-bond donors (Lipinski definition) is 2. The third kappa shape index (κ3) is 3.85. The number of hydrogen-bond acceptors (Lipinski definition) is 2. The van der Waals surface area contributed by atoms with Gasteiger partial charge in [-0.15, -0.1) is 0 Å². The fraction of sp³-hybridized carbons (Fsp3) is 0.611. The van der Waals surface area contributed by atoms with Crippen LogP contribution in [0.1, 0.15) is 49.9 Å². The van der Waals surface area contributed by atoms with Crippen molar-refractivity contribution in [3.05, 3.63) is 34.9 Å². The van der Waals surface area contributed by atoms with Gasteiger partial charge in [-0.1, -0.05) is 44.5 Å². The van der Waals surface area contributed by atoms with Crippen molar-refractivity contribution < 1.29 is 9.90 Å². The molecule has 0 aliphatic heterocycles. The Morgan fingerprint density at radius 2 is 2.14 bits per heavy atom. The molecule has 0 heterocycles. The van der Waals surface area contributed by atoms with E-state index in [-0.39, 0.29) is 12.0 Å². The fourth-order valence-electron chi connectivity index (χ4n) is 3.38. The summed E-state index contributed by atoms with van der Waals surface area (Å²) in [6, 6.07) is 6.90. The van der Waals surface area contributed by atoms with Crippen molar-refractivity contribution in [3.8, 4) is 0 Å². The molecule has 2 rings (SSSR count). The summed E-state index contributed by atoms with van der Waals surface area (Å²) >= 11 is 0. The molecule has 1 aromatic rings. The predicted molar refractivity (Wildman–Crippen MR) is 85.4 cm³/mol. The molecule has 0 bridgehead atoms. The van der Waals surface area contributed by atoms with Crippen LogP contribution in [0, 0.1) is 24.7 Å². The Morgan fingerprint density at radius 3 is 2.76 bits per heavy atom. The van der Waals surface area contributed by atoms with Gasteiger partial charge in [0.1, 0.15) is 0 Å². The van der Waals surface area contributed by atoms with Crippen LogP contribution in [0.5, 0.6) is 0 Å². The van der Waals surface area contributed by atoms with E-state index in [0.717, 1.165) is 12.8 Å². The highest BCUT2D eigenvalue weighted by Gasteiger charge is 2.30. The van der Waals surface area contributed by atoms with Crippen LogP contribution in [-0.2, 0) is 11.2 Å². The molecular weight excluding hydrogens is 262 g/mol. The van der Waals surface area contributed by atoms with Crippen LogP contribution >= 0.6 is 0 Å². The minimum Gasteiger partial charge on any atom is -0.481 e. The first-order chi connectivity index (χ1) is 9.88. The second-order valence-corrected chi connectivity index (χ2v) is 6.93. The molecule has 0 saturated carbocycles. The highest BCUT2D eigenvalue weighted by molar-refractivity contribution is 5.70. The largest absolute Gasteiger partial charge is 0.481 e. The molecule has 3 unspecified atom stereocenters. The van der Waals surface area contributed by atoms with Crippen molar-refractivity contribution in [2.45, 2.75) is 46.6 Å². The number of benzene rings is 1. The second kappa shape index (κ2) is 6.61. The SMILES string of the molecule is Cc1ccc2c(c1)C(NCC(CC(C)C)C(=O)O)C(C)C2. The van der Waals surface area contributed by atoms with Crippen LogP contribution in [0.25, 0.3) is 0 Å². The van der Waals surface area contributed by atoms with Gasteiger partial charge in [0.05, 0.1) is 5.92 Å². The van der Waals surface area contributed by atoms with Crippen molar-refractivity contribution in [3.63, 3.8) is 0 Å². The summed E-state index contributed by atoms with van der Waals surface area (Å²) in [5, 5.41) is 12.9. The van der Waals surface area contributed by atoms with Crippen LogP contribution in [0.4, 0.5) is 0 Å². The molecule has 0 aromatic heterocycles. The number of carboxylic acid groups (broad SMARTS) is 1. The zero-order valence-corrected chi connectivity index (χ0v) is 13.5. The quantitative estimate of drug-likeness (QED) is 0.842. The lowest BCUT2D eigenvalue weighted by molar-refractivity contribution is -0.142. The Bertz CT molecular complexity index is 510. The standard InChI is InChI=1S/C18H27NO2/c1-11(2)7-15(18(20)21)10-19-17-13(4)9-14-6-5-12(3)8-16(14)17/h5-6,8,11,13,15,17,19H,7,9-10H2,1-4H3,(H,20,21). The summed E-state index contributed by atoms with van der Waals surface area (Å²) < 4.78 is 0. The molecule has 1 aliphatic carbocycles. The molecule has 2 N–H and O–H groups in total. The highest BCUT2D eigenvalue weighted by atomic mass is 16.4. The monoisotopic (exact) mass is 289 g/mol. The fourth-order valence-corrected chi connectivity index (χ4v) is 3.38. The van der Waals surface area contributed by atoms with Crippen molar-refractivity contribution >= 4 is 5.97 Å². The van der Waals surface area contributed by atoms with E-state index in [0.29, 0.717) is 18.4 Å². The molecule has 0 saturated heterocycles. The van der Waals surface area contributed by atoms with Gasteiger partial charge in [-0.3, -0.25) is 4.79 Å². The molecule has 1 aromatic carbocycles. The summed E-state index contributed by atoms with van der Waals surface area (Å²) in [5.41, 5.74) is 4.03. The second-order valence-electron chi connectivity index (χ2n) is 6.93. The maximum atomic E-state index is 11.4. The van der Waals surface area contributed by atoms with Crippen molar-refractivity contribution in [2.24, 2.45) is 17.8 Å². The van der Waals surface area contributed by atoms with Gasteiger partial charge in [0.15, 0.2) is 0 Å². The average molecular weight is 289 g/mol. The molecule has 0 fully saturated rings. The Kier molecular flexibility index (Phi) is 5.04. The molecule has 3 atom stereocenters. The first kappa shape index (κ1) is 16.0. The van der Waals surface area contributed by atoms with Crippen molar-refractivity contribution in [1.82, 2.24) is 5.32 Å². The molecule has 0 amide bonds. The zero-order valence-electron chi connectivity index (χ0n) is 13.5. The predicted octanol–water partition coefficient (Wildman–Crippen LogP) is 3.56. The Labute approximate surface area is 127 Å². The third-order valence-corrected chi connectivity index (χ3v) is 4.44. The van der Waals surface area contributed by atoms with Crippen LogP contribution in [0.15, 0.2) is 18.2 Å². The number of aliphatic carboxylic acids is 1. The van der Waals surface area contributed by atoms with E-state index in [1.54, 1.807) is 0 Å². The molecule has 3 nitrogen and oxygen atoms in total. The Hall–Kier alpha value is -1.35. The van der Waals surface area contributed by atoms with Gasteiger partial charge in [-0.05, 0) is 42.7 Å². The molecule has 116 valence electrons. The van der Waals surface area contributed by atoms with Gasteiger partial charge in [0.2, 0.25) is 0 Å². The van der Waals surface area contributed by atoms with Gasteiger partial charge < -0.3 is 10.4 Å². The van der Waals surface area contributed by atoms with Crippen LogP contribution in [0.3, 0.4) is 0 Å². The zero-order chi connectivity index (χ0) is 15.6. The highest BCUT2D eigenvalue weighted by Crippen LogP contribution is 2.36. The number of rotatable bonds is 6. The van der Waals surface area contributed by atoms with Crippen LogP contribution < -0.4 is 5.32 Å². The van der Waals surface area contributed by atoms with E-state index in [1.165, 1.54) is 16.7 Å². The van der Waals surface area contributed by atoms with E-state index in [9.17, 15) is 9.90 Å². The summed E-state index contributed by atoms with van der Waals surface area (Å²) in [7, 11) is 0. The van der Waals surface area contributed by atoms with Crippen molar-refractivity contribution in [1.29, 1.82) is 0 Å². The summed E-state index contributed by atoms with van der Waals surface area (Å²) in [6.45, 7) is 9.06. The number of carbonyl (C=O) groups is 1. The van der Waals surface area contributed by atoms with Gasteiger partial charge in [-0.2, -0.15) is 0 Å². The first-order valence-corrected chi connectivity index (χ1v) is 7.94. The minimum absolute atomic E-state index is 0.286. The van der Waals surface area contributed by atoms with E-state index in [2.05, 4.69) is 51.2 Å². The van der Waals surface area contributed by atoms with E-state index in [4.69, 9.17) is 0 Å². The molecule has 3 heteroatoms. The van der Waals surface area contributed by atoms with Gasteiger partial charge in [0.25, 0.3) is 0 Å². The first-order valence-electron chi connectivity index (χ1n) is 7.94. The van der Waals surface area contributed by atoms with Crippen LogP contribution in [0.2, 0.25) is 0 Å². The van der Waals surface area contributed by atoms with Gasteiger partial charge >= 0.3 is 5.97 Å². The third-order valence-electron chi connectivity index (χ3n) is 4.44. The number of fused-ring (bicyclic) bond motifs is 1. The van der Waals surface area contributed by atoms with E-state index < -0.39 is 5.97 Å². The lowest BCUT2D eigenvalue weighted by atomic mass is 9.95. The Balaban J connectivity index is 2.06. The van der Waals surface area contributed by atoms with E-state index in [1.807, 2.05) is 0 Å². The maximum absolute atomic E-state index is 11.4. The van der Waals surface area contributed by atoms with Gasteiger partial charge in [-0.25, -0.2) is 0 Å². The number of aryl methyl sites for hydroxylation is 1. The summed E-state index contributed by atoms with van der Waals surface area (Å²) in [6.07, 6.45) is 1.80. The average Bonchev–Trinajstić information content (AvgIpc) is 2.69.